The zero-order valence-corrected chi connectivity index (χ0v) is 14.7. The van der Waals surface area contributed by atoms with Gasteiger partial charge < -0.3 is 4.74 Å². The van der Waals surface area contributed by atoms with Crippen LogP contribution >= 0.6 is 35.0 Å². The van der Waals surface area contributed by atoms with Crippen LogP contribution < -0.4 is 0 Å². The predicted molar refractivity (Wildman–Crippen MR) is 90.6 cm³/mol. The van der Waals surface area contributed by atoms with E-state index in [0.29, 0.717) is 23.2 Å². The third kappa shape index (κ3) is 7.41. The summed E-state index contributed by atoms with van der Waals surface area (Å²) in [5.41, 5.74) is 0. The molecule has 0 aliphatic rings. The summed E-state index contributed by atoms with van der Waals surface area (Å²) in [6.07, 6.45) is 1.00. The maximum atomic E-state index is 11.6. The molecule has 0 aliphatic carbocycles. The number of rotatable bonds is 9. The Kier molecular flexibility index (Phi) is 9.16. The molecule has 21 heavy (non-hydrogen) atoms. The molecule has 0 fully saturated rings. The lowest BCUT2D eigenvalue weighted by molar-refractivity contribution is -0.144. The molecule has 0 unspecified atom stereocenters. The number of thioether (sulfide) groups is 1. The summed E-state index contributed by atoms with van der Waals surface area (Å²) >= 11 is 13.7. The van der Waals surface area contributed by atoms with Crippen LogP contribution in [0.5, 0.6) is 0 Å². The average Bonchev–Trinajstić information content (AvgIpc) is 2.43. The first-order valence-corrected chi connectivity index (χ1v) is 8.76. The van der Waals surface area contributed by atoms with Gasteiger partial charge in [0.05, 0.1) is 18.2 Å². The Morgan fingerprint density at radius 1 is 1.29 bits per heavy atom. The molecule has 1 aromatic rings. The smallest absolute Gasteiger partial charge is 0.320 e. The Bertz CT molecular complexity index is 457. The van der Waals surface area contributed by atoms with Crippen LogP contribution in [0.1, 0.15) is 20.3 Å². The number of nitrogens with zero attached hydrogens (tertiary/aromatic N) is 1. The third-order valence-corrected chi connectivity index (χ3v) is 4.47. The first-order valence-electron chi connectivity index (χ1n) is 7.02. The van der Waals surface area contributed by atoms with Crippen molar-refractivity contribution in [1.82, 2.24) is 4.90 Å². The van der Waals surface area contributed by atoms with Gasteiger partial charge in [0, 0.05) is 22.2 Å². The Morgan fingerprint density at radius 2 is 2.05 bits per heavy atom. The van der Waals surface area contributed by atoms with Crippen molar-refractivity contribution in [1.29, 1.82) is 0 Å². The molecule has 3 nitrogen and oxygen atoms in total. The van der Waals surface area contributed by atoms with E-state index >= 15 is 0 Å². The fourth-order valence-electron chi connectivity index (χ4n) is 1.85. The zero-order valence-electron chi connectivity index (χ0n) is 12.4. The lowest BCUT2D eigenvalue weighted by atomic mass is 10.4. The second kappa shape index (κ2) is 10.3. The van der Waals surface area contributed by atoms with Crippen LogP contribution in [0.4, 0.5) is 0 Å². The van der Waals surface area contributed by atoms with Gasteiger partial charge in [-0.3, -0.25) is 9.69 Å². The van der Waals surface area contributed by atoms with Gasteiger partial charge >= 0.3 is 5.97 Å². The number of halogens is 2. The van der Waals surface area contributed by atoms with Gasteiger partial charge in [0.1, 0.15) is 0 Å². The fourth-order valence-corrected chi connectivity index (χ4v) is 3.35. The molecular formula is C15H21Cl2NO2S. The molecule has 1 rings (SSSR count). The summed E-state index contributed by atoms with van der Waals surface area (Å²) in [5.74, 6) is 0.677. The Labute approximate surface area is 140 Å². The minimum atomic E-state index is -0.170. The molecule has 0 radical (unpaired) electrons. The number of esters is 1. The van der Waals surface area contributed by atoms with Gasteiger partial charge in [0.15, 0.2) is 0 Å². The largest absolute Gasteiger partial charge is 0.465 e. The van der Waals surface area contributed by atoms with E-state index in [0.717, 1.165) is 30.2 Å². The van der Waals surface area contributed by atoms with Crippen LogP contribution in [-0.2, 0) is 9.53 Å². The lowest BCUT2D eigenvalue weighted by Crippen LogP contribution is -2.33. The molecule has 0 atom stereocenters. The van der Waals surface area contributed by atoms with Crippen LogP contribution in [0.25, 0.3) is 0 Å². The van der Waals surface area contributed by atoms with Crippen LogP contribution in [0.15, 0.2) is 23.1 Å². The molecule has 0 saturated heterocycles. The molecule has 0 spiro atoms. The minimum absolute atomic E-state index is 0.170. The highest BCUT2D eigenvalue weighted by molar-refractivity contribution is 7.99. The summed E-state index contributed by atoms with van der Waals surface area (Å²) in [4.78, 5) is 14.6. The molecule has 6 heteroatoms. The van der Waals surface area contributed by atoms with Crippen LogP contribution in [-0.4, -0.2) is 42.9 Å². The molecule has 0 saturated carbocycles. The first kappa shape index (κ1) is 18.6. The van der Waals surface area contributed by atoms with E-state index in [4.69, 9.17) is 27.9 Å². The van der Waals surface area contributed by atoms with Crippen molar-refractivity contribution >= 4 is 40.9 Å². The molecule has 0 bridgehead atoms. The summed E-state index contributed by atoms with van der Waals surface area (Å²) in [5, 5.41) is 1.38. The molecule has 1 aromatic carbocycles. The van der Waals surface area contributed by atoms with Crippen LogP contribution in [0, 0.1) is 0 Å². The van der Waals surface area contributed by atoms with Crippen molar-refractivity contribution in [2.24, 2.45) is 0 Å². The Balaban J connectivity index is 2.45. The highest BCUT2D eigenvalue weighted by Gasteiger charge is 2.11. The second-order valence-electron chi connectivity index (χ2n) is 4.50. The summed E-state index contributed by atoms with van der Waals surface area (Å²) in [7, 11) is 0. The number of ether oxygens (including phenoxy) is 1. The number of carbonyl (C=O) groups is 1. The Hall–Kier alpha value is -0.420. The van der Waals surface area contributed by atoms with E-state index in [1.54, 1.807) is 23.9 Å². The minimum Gasteiger partial charge on any atom is -0.465 e. The van der Waals surface area contributed by atoms with E-state index in [1.165, 1.54) is 0 Å². The number of benzene rings is 1. The van der Waals surface area contributed by atoms with Crippen molar-refractivity contribution < 1.29 is 9.53 Å². The maximum absolute atomic E-state index is 11.6. The van der Waals surface area contributed by atoms with Gasteiger partial charge in [-0.2, -0.15) is 0 Å². The summed E-state index contributed by atoms with van der Waals surface area (Å²) in [6.45, 7) is 6.36. The van der Waals surface area contributed by atoms with E-state index in [-0.39, 0.29) is 5.97 Å². The number of carbonyl (C=O) groups excluding carboxylic acids is 1. The molecule has 0 amide bonds. The van der Waals surface area contributed by atoms with Crippen molar-refractivity contribution in [3.05, 3.63) is 28.2 Å². The van der Waals surface area contributed by atoms with Crippen LogP contribution in [0.3, 0.4) is 0 Å². The predicted octanol–water partition coefficient (Wildman–Crippen LogP) is 4.36. The summed E-state index contributed by atoms with van der Waals surface area (Å²) < 4.78 is 4.99. The summed E-state index contributed by atoms with van der Waals surface area (Å²) in [6, 6.07) is 5.44. The molecular weight excluding hydrogens is 329 g/mol. The zero-order chi connectivity index (χ0) is 15.7. The van der Waals surface area contributed by atoms with Crippen molar-refractivity contribution in [3.63, 3.8) is 0 Å². The third-order valence-electron chi connectivity index (χ3n) is 2.76. The van der Waals surface area contributed by atoms with E-state index in [2.05, 4.69) is 11.8 Å². The standard InChI is InChI=1S/C15H21Cl2NO2S/c1-3-7-18(11-15(19)20-4-2)8-9-21-14-10-12(16)5-6-13(14)17/h5-6,10H,3-4,7-9,11H2,1-2H3. The molecule has 0 heterocycles. The van der Waals surface area contributed by atoms with Crippen molar-refractivity contribution in [2.75, 3.05) is 32.0 Å². The van der Waals surface area contributed by atoms with Gasteiger partial charge in [0.2, 0.25) is 0 Å². The number of hydrogen-bond donors (Lipinski definition) is 0. The number of hydrogen-bond acceptors (Lipinski definition) is 4. The van der Waals surface area contributed by atoms with Crippen molar-refractivity contribution in [2.45, 2.75) is 25.2 Å². The molecule has 0 aliphatic heterocycles. The Morgan fingerprint density at radius 3 is 2.71 bits per heavy atom. The van der Waals surface area contributed by atoms with Crippen molar-refractivity contribution in [3.8, 4) is 0 Å². The fraction of sp³-hybridized carbons (Fsp3) is 0.533. The molecule has 118 valence electrons. The quantitative estimate of drug-likeness (QED) is 0.489. The first-order chi connectivity index (χ1) is 10.1. The highest BCUT2D eigenvalue weighted by Crippen LogP contribution is 2.29. The normalized spacial score (nSPS) is 10.9. The van der Waals surface area contributed by atoms with E-state index in [9.17, 15) is 4.79 Å². The lowest BCUT2D eigenvalue weighted by Gasteiger charge is -2.20. The van der Waals surface area contributed by atoms with Gasteiger partial charge in [0.25, 0.3) is 0 Å². The van der Waals surface area contributed by atoms with Gasteiger partial charge in [-0.25, -0.2) is 0 Å². The van der Waals surface area contributed by atoms with Gasteiger partial charge in [-0.15, -0.1) is 11.8 Å². The van der Waals surface area contributed by atoms with E-state index < -0.39 is 0 Å². The van der Waals surface area contributed by atoms with E-state index in [1.807, 2.05) is 13.0 Å². The average molecular weight is 350 g/mol. The molecule has 0 N–H and O–H groups in total. The van der Waals surface area contributed by atoms with Crippen LogP contribution in [0.2, 0.25) is 10.0 Å². The second-order valence-corrected chi connectivity index (χ2v) is 6.48. The van der Waals surface area contributed by atoms with Gasteiger partial charge in [-0.05, 0) is 38.1 Å². The maximum Gasteiger partial charge on any atom is 0.320 e. The monoisotopic (exact) mass is 349 g/mol. The van der Waals surface area contributed by atoms with Gasteiger partial charge in [-0.1, -0.05) is 30.1 Å². The topological polar surface area (TPSA) is 29.5 Å². The SMILES string of the molecule is CCCN(CCSc1cc(Cl)ccc1Cl)CC(=O)OCC. The highest BCUT2D eigenvalue weighted by atomic mass is 35.5. The molecule has 0 aromatic heterocycles.